The van der Waals surface area contributed by atoms with Crippen LogP contribution in [0.15, 0.2) is 24.3 Å². The van der Waals surface area contributed by atoms with Crippen LogP contribution < -0.4 is 0 Å². The second-order valence-corrected chi connectivity index (χ2v) is 3.59. The number of nitrogens with zero attached hydrogens (tertiary/aromatic N) is 1. The van der Waals surface area contributed by atoms with Crippen LogP contribution in [-0.4, -0.2) is 11.1 Å². The topological polar surface area (TPSA) is 61.1 Å². The summed E-state index contributed by atoms with van der Waals surface area (Å²) in [5, 5.41) is 17.0. The molecular weight excluding hydrogens is 240 g/mol. The number of rotatable bonds is 5. The minimum absolute atomic E-state index is 0.166. The molecule has 0 heterocycles. The van der Waals surface area contributed by atoms with E-state index in [1.165, 1.54) is 24.3 Å². The Balaban J connectivity index is 3.09. The third-order valence-corrected chi connectivity index (χ3v) is 2.33. The summed E-state index contributed by atoms with van der Waals surface area (Å²) in [5.41, 5.74) is 0.921. The highest BCUT2D eigenvalue weighted by molar-refractivity contribution is 5.85. The predicted molar refractivity (Wildman–Crippen MR) is 62.0 cm³/mol. The van der Waals surface area contributed by atoms with Crippen molar-refractivity contribution in [1.82, 2.24) is 0 Å². The molecule has 1 N–H and O–H groups in total. The Bertz CT molecular complexity index is 504. The number of carboxylic acid groups (broad SMARTS) is 1. The Morgan fingerprint density at radius 2 is 2.22 bits per heavy atom. The molecule has 0 aliphatic carbocycles. The van der Waals surface area contributed by atoms with Crippen LogP contribution in [0.4, 0.5) is 8.78 Å². The molecule has 5 heteroatoms. The lowest BCUT2D eigenvalue weighted by molar-refractivity contribution is -0.131. The molecule has 0 fully saturated rings. The average Bonchev–Trinajstić information content (AvgIpc) is 2.33. The number of alkyl halides is 2. The Morgan fingerprint density at radius 1 is 1.50 bits per heavy atom. The summed E-state index contributed by atoms with van der Waals surface area (Å²) in [4.78, 5) is 10.4. The zero-order chi connectivity index (χ0) is 13.5. The minimum Gasteiger partial charge on any atom is -0.478 e. The maximum atomic E-state index is 12.5. The van der Waals surface area contributed by atoms with Gasteiger partial charge < -0.3 is 5.11 Å². The molecule has 3 nitrogen and oxygen atoms in total. The van der Waals surface area contributed by atoms with E-state index in [0.717, 1.165) is 6.08 Å². The van der Waals surface area contributed by atoms with Crippen LogP contribution in [0.25, 0.3) is 6.08 Å². The molecule has 1 aromatic carbocycles. The van der Waals surface area contributed by atoms with E-state index < -0.39 is 12.4 Å². The number of hydrogen-bond donors (Lipinski definition) is 1. The number of aryl methyl sites for hydroxylation is 1. The fourth-order valence-electron chi connectivity index (χ4n) is 1.48. The first-order chi connectivity index (χ1) is 8.54. The van der Waals surface area contributed by atoms with Gasteiger partial charge in [0.1, 0.15) is 0 Å². The molecule has 0 saturated heterocycles. The molecule has 94 valence electrons. The van der Waals surface area contributed by atoms with Gasteiger partial charge in [0.15, 0.2) is 0 Å². The summed E-state index contributed by atoms with van der Waals surface area (Å²) < 4.78 is 25.1. The van der Waals surface area contributed by atoms with Crippen molar-refractivity contribution < 1.29 is 18.7 Å². The SMILES string of the molecule is N#CCCc1ccc(C(F)F)cc1/C=C/C(=O)O. The molecule has 0 amide bonds. The molecule has 0 unspecified atom stereocenters. The Hall–Kier alpha value is -2.22. The molecule has 0 bridgehead atoms. The first-order valence-electron chi connectivity index (χ1n) is 5.23. The van der Waals surface area contributed by atoms with Gasteiger partial charge in [-0.1, -0.05) is 12.1 Å². The number of nitriles is 1. The van der Waals surface area contributed by atoms with Crippen molar-refractivity contribution in [2.24, 2.45) is 0 Å². The lowest BCUT2D eigenvalue weighted by Gasteiger charge is -2.07. The molecular formula is C13H11F2NO2. The van der Waals surface area contributed by atoms with Crippen molar-refractivity contribution in [1.29, 1.82) is 5.26 Å². The molecule has 0 spiro atoms. The molecule has 0 radical (unpaired) electrons. The van der Waals surface area contributed by atoms with Crippen LogP contribution in [0, 0.1) is 11.3 Å². The highest BCUT2D eigenvalue weighted by Gasteiger charge is 2.09. The van der Waals surface area contributed by atoms with Gasteiger partial charge in [0.05, 0.1) is 6.07 Å². The number of hydrogen-bond acceptors (Lipinski definition) is 2. The van der Waals surface area contributed by atoms with Crippen molar-refractivity contribution in [2.45, 2.75) is 19.3 Å². The van der Waals surface area contributed by atoms with Crippen LogP contribution in [0.2, 0.25) is 0 Å². The highest BCUT2D eigenvalue weighted by Crippen LogP contribution is 2.23. The first kappa shape index (κ1) is 13.8. The average molecular weight is 251 g/mol. The van der Waals surface area contributed by atoms with Crippen molar-refractivity contribution in [2.75, 3.05) is 0 Å². The molecule has 18 heavy (non-hydrogen) atoms. The van der Waals surface area contributed by atoms with Crippen LogP contribution in [0.3, 0.4) is 0 Å². The maximum Gasteiger partial charge on any atom is 0.328 e. The lowest BCUT2D eigenvalue weighted by atomic mass is 10.00. The van der Waals surface area contributed by atoms with Gasteiger partial charge >= 0.3 is 5.97 Å². The summed E-state index contributed by atoms with van der Waals surface area (Å²) in [6.07, 6.45) is 0.204. The van der Waals surface area contributed by atoms with Gasteiger partial charge in [-0.3, -0.25) is 0 Å². The number of halogens is 2. The highest BCUT2D eigenvalue weighted by atomic mass is 19.3. The number of carboxylic acids is 1. The van der Waals surface area contributed by atoms with E-state index in [-0.39, 0.29) is 12.0 Å². The van der Waals surface area contributed by atoms with Crippen molar-refractivity contribution in [3.8, 4) is 6.07 Å². The van der Waals surface area contributed by atoms with E-state index >= 15 is 0 Å². The molecule has 0 aliphatic heterocycles. The normalized spacial score (nSPS) is 10.8. The molecule has 1 aromatic rings. The molecule has 0 saturated carbocycles. The summed E-state index contributed by atoms with van der Waals surface area (Å²) in [6, 6.07) is 5.99. The van der Waals surface area contributed by atoms with Crippen molar-refractivity contribution in [3.05, 3.63) is 41.0 Å². The minimum atomic E-state index is -2.60. The third kappa shape index (κ3) is 3.98. The Labute approximate surface area is 103 Å². The summed E-state index contributed by atoms with van der Waals surface area (Å²) in [5.74, 6) is -1.15. The van der Waals surface area contributed by atoms with Gasteiger partial charge in [0.25, 0.3) is 6.43 Å². The Kier molecular flexibility index (Phi) is 5.00. The molecule has 0 aromatic heterocycles. The van der Waals surface area contributed by atoms with E-state index in [1.54, 1.807) is 0 Å². The van der Waals surface area contributed by atoms with E-state index in [9.17, 15) is 13.6 Å². The van der Waals surface area contributed by atoms with Gasteiger partial charge in [0, 0.05) is 18.1 Å². The maximum absolute atomic E-state index is 12.5. The van der Waals surface area contributed by atoms with Crippen molar-refractivity contribution >= 4 is 12.0 Å². The zero-order valence-corrected chi connectivity index (χ0v) is 9.44. The lowest BCUT2D eigenvalue weighted by Crippen LogP contribution is -1.94. The summed E-state index contributed by atoms with van der Waals surface area (Å²) in [6.45, 7) is 0. The number of carbonyl (C=O) groups is 1. The fraction of sp³-hybridized carbons (Fsp3) is 0.231. The van der Waals surface area contributed by atoms with Crippen LogP contribution >= 0.6 is 0 Å². The zero-order valence-electron chi connectivity index (χ0n) is 9.44. The largest absolute Gasteiger partial charge is 0.478 e. The quantitative estimate of drug-likeness (QED) is 0.817. The molecule has 0 aliphatic rings. The monoisotopic (exact) mass is 251 g/mol. The summed E-state index contributed by atoms with van der Waals surface area (Å²) >= 11 is 0. The van der Waals surface area contributed by atoms with Gasteiger partial charge in [-0.15, -0.1) is 0 Å². The van der Waals surface area contributed by atoms with E-state index in [1.807, 2.05) is 6.07 Å². The number of benzene rings is 1. The van der Waals surface area contributed by atoms with Gasteiger partial charge in [-0.25, -0.2) is 13.6 Å². The second-order valence-electron chi connectivity index (χ2n) is 3.59. The van der Waals surface area contributed by atoms with Crippen LogP contribution in [-0.2, 0) is 11.2 Å². The standard InChI is InChI=1S/C13H11F2NO2/c14-13(15)11-4-3-9(2-1-7-16)10(8-11)5-6-12(17)18/h3-6,8,13H,1-2H2,(H,17,18)/b6-5+. The second kappa shape index (κ2) is 6.50. The first-order valence-corrected chi connectivity index (χ1v) is 5.23. The fourth-order valence-corrected chi connectivity index (χ4v) is 1.48. The van der Waals surface area contributed by atoms with Crippen LogP contribution in [0.5, 0.6) is 0 Å². The Morgan fingerprint density at radius 3 is 2.78 bits per heavy atom. The van der Waals surface area contributed by atoms with Crippen molar-refractivity contribution in [3.63, 3.8) is 0 Å². The van der Waals surface area contributed by atoms with E-state index in [4.69, 9.17) is 10.4 Å². The van der Waals surface area contributed by atoms with E-state index in [2.05, 4.69) is 0 Å². The van der Waals surface area contributed by atoms with E-state index in [0.29, 0.717) is 17.5 Å². The van der Waals surface area contributed by atoms with Crippen LogP contribution in [0.1, 0.15) is 29.5 Å². The van der Waals surface area contributed by atoms with Gasteiger partial charge in [0.2, 0.25) is 0 Å². The summed E-state index contributed by atoms with van der Waals surface area (Å²) in [7, 11) is 0. The number of aliphatic carboxylic acids is 1. The van der Waals surface area contributed by atoms with Gasteiger partial charge in [-0.2, -0.15) is 5.26 Å². The van der Waals surface area contributed by atoms with Gasteiger partial charge in [-0.05, 0) is 29.7 Å². The molecule has 0 atom stereocenters. The smallest absolute Gasteiger partial charge is 0.328 e. The third-order valence-electron chi connectivity index (χ3n) is 2.33. The molecule has 1 rings (SSSR count). The predicted octanol–water partition coefficient (Wildman–Crippen LogP) is 3.18.